The number of benzene rings is 2. The van der Waals surface area contributed by atoms with Gasteiger partial charge in [-0.1, -0.05) is 18.2 Å². The van der Waals surface area contributed by atoms with Gasteiger partial charge in [-0.3, -0.25) is 14.5 Å². The van der Waals surface area contributed by atoms with Gasteiger partial charge in [0, 0.05) is 57.4 Å². The molecule has 220 valence electrons. The highest BCUT2D eigenvalue weighted by atomic mass is 19.1. The molecule has 0 aromatic heterocycles. The summed E-state index contributed by atoms with van der Waals surface area (Å²) in [6, 6.07) is 10.8. The number of likely N-dealkylation sites (N-methyl/N-ethyl adjacent to an activating group) is 1. The number of carbonyl (C=O) groups is 3. The van der Waals surface area contributed by atoms with Crippen molar-refractivity contribution in [3.8, 4) is 0 Å². The molecule has 10 heteroatoms. The molecule has 1 aliphatic rings. The number of aldehydes is 1. The number of amides is 2. The average molecular weight is 565 g/mol. The van der Waals surface area contributed by atoms with Gasteiger partial charge >= 0.3 is 0 Å². The van der Waals surface area contributed by atoms with Crippen LogP contribution in [-0.2, 0) is 38.8 Å². The van der Waals surface area contributed by atoms with E-state index in [2.05, 4.69) is 43.2 Å². The van der Waals surface area contributed by atoms with Gasteiger partial charge in [0.05, 0.1) is 16.6 Å². The number of ether oxygens (including phenoxy) is 1. The van der Waals surface area contributed by atoms with E-state index >= 15 is 0 Å². The van der Waals surface area contributed by atoms with Crippen molar-refractivity contribution in [2.24, 2.45) is 0 Å². The minimum absolute atomic E-state index is 0.0161. The van der Waals surface area contributed by atoms with E-state index in [-0.39, 0.29) is 43.0 Å². The van der Waals surface area contributed by atoms with Crippen molar-refractivity contribution in [3.05, 3.63) is 64.5 Å². The standard InChI is InChI=1S/C31H42BFN4O4/c1-22-9-7-10-27(25(22)18-37(21-39)31(32,13-8-14-38)28(40)34-6)35-16-24-15-23(11-12-26(24)33)17-36-19-29(2,3)41-30(4,5)20-36/h7,9-12,14-15,21,35H,8,13,16-20H2,1-6H3,(H,34,40). The van der Waals surface area contributed by atoms with Crippen molar-refractivity contribution in [2.45, 2.75) is 83.7 Å². The zero-order chi connectivity index (χ0) is 30.4. The maximum absolute atomic E-state index is 14.9. The highest BCUT2D eigenvalue weighted by Crippen LogP contribution is 2.30. The average Bonchev–Trinajstić information content (AvgIpc) is 2.89. The van der Waals surface area contributed by atoms with Crippen molar-refractivity contribution in [1.82, 2.24) is 15.1 Å². The third-order valence-corrected chi connectivity index (χ3v) is 7.39. The lowest BCUT2D eigenvalue weighted by Crippen LogP contribution is -2.58. The third kappa shape index (κ3) is 8.17. The van der Waals surface area contributed by atoms with Gasteiger partial charge < -0.3 is 25.1 Å². The zero-order valence-electron chi connectivity index (χ0n) is 25.1. The smallest absolute Gasteiger partial charge is 0.236 e. The molecule has 1 atom stereocenters. The van der Waals surface area contributed by atoms with Crippen LogP contribution in [0.25, 0.3) is 0 Å². The lowest BCUT2D eigenvalue weighted by molar-refractivity contribution is -0.182. The summed E-state index contributed by atoms with van der Waals surface area (Å²) < 4.78 is 21.1. The largest absolute Gasteiger partial charge is 0.381 e. The van der Waals surface area contributed by atoms with E-state index in [1.54, 1.807) is 0 Å². The molecule has 1 aliphatic heterocycles. The first-order chi connectivity index (χ1) is 19.2. The molecule has 1 heterocycles. The summed E-state index contributed by atoms with van der Waals surface area (Å²) in [4.78, 5) is 39.4. The lowest BCUT2D eigenvalue weighted by atomic mass is 9.71. The summed E-state index contributed by atoms with van der Waals surface area (Å²) >= 11 is 0. The number of anilines is 1. The number of morpholine rings is 1. The predicted octanol–water partition coefficient (Wildman–Crippen LogP) is 3.68. The van der Waals surface area contributed by atoms with E-state index in [1.165, 1.54) is 18.0 Å². The van der Waals surface area contributed by atoms with Crippen LogP contribution in [-0.4, -0.2) is 73.0 Å². The molecule has 1 saturated heterocycles. The monoisotopic (exact) mass is 564 g/mol. The Bertz CT molecular complexity index is 1240. The number of carbonyl (C=O) groups excluding carboxylic acids is 3. The Labute approximate surface area is 244 Å². The Morgan fingerprint density at radius 3 is 2.46 bits per heavy atom. The fraction of sp³-hybridized carbons (Fsp3) is 0.516. The first kappa shape index (κ1) is 32.3. The van der Waals surface area contributed by atoms with E-state index < -0.39 is 11.3 Å². The maximum Gasteiger partial charge on any atom is 0.236 e. The normalized spacial score (nSPS) is 17.7. The van der Waals surface area contributed by atoms with Gasteiger partial charge in [0.25, 0.3) is 0 Å². The Morgan fingerprint density at radius 2 is 1.85 bits per heavy atom. The van der Waals surface area contributed by atoms with Gasteiger partial charge in [-0.2, -0.15) is 0 Å². The maximum atomic E-state index is 14.9. The first-order valence-corrected chi connectivity index (χ1v) is 13.9. The van der Waals surface area contributed by atoms with Gasteiger partial charge in [-0.15, -0.1) is 0 Å². The molecule has 41 heavy (non-hydrogen) atoms. The molecule has 2 aromatic carbocycles. The Morgan fingerprint density at radius 1 is 1.17 bits per heavy atom. The third-order valence-electron chi connectivity index (χ3n) is 7.39. The van der Waals surface area contributed by atoms with Crippen molar-refractivity contribution < 1.29 is 23.5 Å². The fourth-order valence-corrected chi connectivity index (χ4v) is 5.77. The Hall–Kier alpha value is -3.24. The molecule has 0 saturated carbocycles. The van der Waals surface area contributed by atoms with E-state index in [9.17, 15) is 18.8 Å². The van der Waals surface area contributed by atoms with Crippen molar-refractivity contribution >= 4 is 32.1 Å². The molecule has 8 nitrogen and oxygen atoms in total. The summed E-state index contributed by atoms with van der Waals surface area (Å²) in [6.45, 7) is 12.7. The van der Waals surface area contributed by atoms with Crippen molar-refractivity contribution in [1.29, 1.82) is 0 Å². The van der Waals surface area contributed by atoms with Gasteiger partial charge in [-0.05, 0) is 75.9 Å². The zero-order valence-corrected chi connectivity index (χ0v) is 25.1. The molecule has 0 aliphatic carbocycles. The minimum atomic E-state index is -1.71. The number of rotatable bonds is 13. The number of hydrogen-bond acceptors (Lipinski definition) is 6. The summed E-state index contributed by atoms with van der Waals surface area (Å²) in [6.07, 6.45) is 1.17. The molecule has 1 fully saturated rings. The van der Waals surface area contributed by atoms with Crippen LogP contribution in [0, 0.1) is 12.7 Å². The molecule has 0 spiro atoms. The molecular weight excluding hydrogens is 522 g/mol. The number of nitrogens with zero attached hydrogens (tertiary/aromatic N) is 2. The number of hydrogen-bond donors (Lipinski definition) is 2. The van der Waals surface area contributed by atoms with Gasteiger partial charge in [0.15, 0.2) is 0 Å². The second kappa shape index (κ2) is 13.2. The van der Waals surface area contributed by atoms with Gasteiger partial charge in [-0.25, -0.2) is 4.39 Å². The number of halogens is 1. The van der Waals surface area contributed by atoms with E-state index in [0.29, 0.717) is 30.5 Å². The van der Waals surface area contributed by atoms with Crippen molar-refractivity contribution in [3.63, 3.8) is 0 Å². The van der Waals surface area contributed by atoms with Crippen LogP contribution < -0.4 is 10.6 Å². The second-order valence-electron chi connectivity index (χ2n) is 12.1. The van der Waals surface area contributed by atoms with E-state index in [4.69, 9.17) is 12.6 Å². The van der Waals surface area contributed by atoms with E-state index in [1.807, 2.05) is 37.3 Å². The quantitative estimate of drug-likeness (QED) is 0.285. The Kier molecular flexibility index (Phi) is 10.4. The summed E-state index contributed by atoms with van der Waals surface area (Å²) in [5.74, 6) is -0.887. The molecule has 2 aromatic rings. The summed E-state index contributed by atoms with van der Waals surface area (Å²) in [5, 5.41) is 5.81. The van der Waals surface area contributed by atoms with Crippen LogP contribution in [0.1, 0.15) is 62.8 Å². The number of aryl methyl sites for hydroxylation is 1. The van der Waals surface area contributed by atoms with Crippen LogP contribution in [0.3, 0.4) is 0 Å². The van der Waals surface area contributed by atoms with Crippen LogP contribution in [0.5, 0.6) is 0 Å². The van der Waals surface area contributed by atoms with Crippen molar-refractivity contribution in [2.75, 3.05) is 25.5 Å². The molecule has 2 amide bonds. The van der Waals surface area contributed by atoms with Gasteiger partial charge in [0.1, 0.15) is 19.9 Å². The number of nitrogens with one attached hydrogen (secondary N) is 2. The molecule has 2 N–H and O–H groups in total. The first-order valence-electron chi connectivity index (χ1n) is 13.9. The van der Waals surface area contributed by atoms with Crippen LogP contribution >= 0.6 is 0 Å². The van der Waals surface area contributed by atoms with E-state index in [0.717, 1.165) is 29.8 Å². The highest BCUT2D eigenvalue weighted by molar-refractivity contribution is 6.29. The van der Waals surface area contributed by atoms with Gasteiger partial charge in [0.2, 0.25) is 12.3 Å². The summed E-state index contributed by atoms with van der Waals surface area (Å²) in [5.41, 5.74) is 1.53. The topological polar surface area (TPSA) is 91.0 Å². The Balaban J connectivity index is 1.81. The minimum Gasteiger partial charge on any atom is -0.381 e. The predicted molar refractivity (Wildman–Crippen MR) is 159 cm³/mol. The highest BCUT2D eigenvalue weighted by Gasteiger charge is 2.39. The SMILES string of the molecule is [B]C(CCC=O)(C(=O)NC)N(C=O)Cc1c(C)cccc1NCc1cc(CN2CC(C)(C)OC(C)(C)C2)ccc1F. The van der Waals surface area contributed by atoms with Crippen LogP contribution in [0.2, 0.25) is 0 Å². The fourth-order valence-electron chi connectivity index (χ4n) is 5.77. The van der Waals surface area contributed by atoms with Crippen LogP contribution in [0.15, 0.2) is 36.4 Å². The molecule has 1 unspecified atom stereocenters. The molecule has 2 radical (unpaired) electrons. The summed E-state index contributed by atoms with van der Waals surface area (Å²) in [7, 11) is 7.82. The van der Waals surface area contributed by atoms with Crippen LogP contribution in [0.4, 0.5) is 10.1 Å². The molecular formula is C31H42BFN4O4. The molecule has 3 rings (SSSR count). The lowest BCUT2D eigenvalue weighted by Gasteiger charge is -2.47. The second-order valence-corrected chi connectivity index (χ2v) is 12.1. The molecule has 0 bridgehead atoms.